The Morgan fingerprint density at radius 3 is 1.69 bits per heavy atom. The smallest absolute Gasteiger partial charge is 0.405 e. The largest absolute Gasteiger partial charge is 0.465 e. The predicted octanol–water partition coefficient (Wildman–Crippen LogP) is 5.59. The molecule has 13 nitrogen and oxygen atoms in total. The first-order valence-electron chi connectivity index (χ1n) is 18.0. The van der Waals surface area contributed by atoms with E-state index in [1.54, 1.807) is 11.1 Å². The molecule has 4 N–H and O–H groups in total. The van der Waals surface area contributed by atoms with Gasteiger partial charge in [-0.25, -0.2) is 19.6 Å². The van der Waals surface area contributed by atoms with Crippen LogP contribution in [-0.4, -0.2) is 115 Å². The minimum Gasteiger partial charge on any atom is -0.465 e. The van der Waals surface area contributed by atoms with Crippen LogP contribution in [-0.2, 0) is 4.79 Å². The van der Waals surface area contributed by atoms with E-state index in [9.17, 15) is 19.5 Å². The average molecular weight is 694 g/mol. The Balaban J connectivity index is 0.995. The Morgan fingerprint density at radius 2 is 1.20 bits per heavy atom. The maximum absolute atomic E-state index is 13.4. The van der Waals surface area contributed by atoms with Crippen molar-refractivity contribution < 1.29 is 19.5 Å². The molecule has 0 aliphatic carbocycles. The van der Waals surface area contributed by atoms with Crippen molar-refractivity contribution in [3.05, 3.63) is 72.6 Å². The zero-order valence-electron chi connectivity index (χ0n) is 29.5. The van der Waals surface area contributed by atoms with Gasteiger partial charge in [0.2, 0.25) is 5.91 Å². The summed E-state index contributed by atoms with van der Waals surface area (Å²) in [5.74, 6) is 1.16. The highest BCUT2D eigenvalue weighted by Gasteiger charge is 2.38. The molecule has 3 aliphatic rings. The molecule has 3 aliphatic heterocycles. The van der Waals surface area contributed by atoms with Crippen molar-refractivity contribution in [1.82, 2.24) is 44.9 Å². The van der Waals surface area contributed by atoms with Crippen molar-refractivity contribution in [2.75, 3.05) is 46.3 Å². The molecule has 3 fully saturated rings. The summed E-state index contributed by atoms with van der Waals surface area (Å²) >= 11 is 0. The van der Waals surface area contributed by atoms with Crippen LogP contribution < -0.4 is 5.32 Å². The van der Waals surface area contributed by atoms with Gasteiger partial charge in [-0.3, -0.25) is 4.79 Å². The van der Waals surface area contributed by atoms with E-state index in [4.69, 9.17) is 4.98 Å². The number of aromatic amines is 2. The number of benzene rings is 2. The van der Waals surface area contributed by atoms with E-state index >= 15 is 0 Å². The number of hydrogen-bond donors (Lipinski definition) is 4. The molecule has 5 heterocycles. The van der Waals surface area contributed by atoms with Gasteiger partial charge in [-0.2, -0.15) is 0 Å². The number of nitrogens with zero attached hydrogens (tertiary/aromatic N) is 6. The lowest BCUT2D eigenvalue weighted by molar-refractivity contribution is -0.135. The summed E-state index contributed by atoms with van der Waals surface area (Å²) in [4.78, 5) is 62.3. The molecule has 13 heteroatoms. The van der Waals surface area contributed by atoms with Gasteiger partial charge in [-0.1, -0.05) is 62.4 Å². The Kier molecular flexibility index (Phi) is 9.81. The number of carbonyl (C=O) groups is 3. The lowest BCUT2D eigenvalue weighted by atomic mass is 10.0. The van der Waals surface area contributed by atoms with Gasteiger partial charge in [-0.05, 0) is 60.9 Å². The molecule has 0 spiro atoms. The Morgan fingerprint density at radius 1 is 0.725 bits per heavy atom. The zero-order chi connectivity index (χ0) is 35.6. The van der Waals surface area contributed by atoms with E-state index in [0.717, 1.165) is 97.9 Å². The summed E-state index contributed by atoms with van der Waals surface area (Å²) in [5.41, 5.74) is 5.97. The summed E-state index contributed by atoms with van der Waals surface area (Å²) in [7, 11) is 2.10. The number of likely N-dealkylation sites (N-methyl/N-ethyl adjacent to an activating group) is 1. The number of urea groups is 1. The first-order valence-corrected chi connectivity index (χ1v) is 18.0. The number of hydrogen-bond acceptors (Lipinski definition) is 6. The monoisotopic (exact) mass is 693 g/mol. The highest BCUT2D eigenvalue weighted by Crippen LogP contribution is 2.35. The maximum atomic E-state index is 13.4. The molecule has 268 valence electrons. The number of rotatable bonds is 8. The number of H-pyrrole nitrogens is 2. The Bertz CT molecular complexity index is 1840. The maximum Gasteiger partial charge on any atom is 0.405 e. The van der Waals surface area contributed by atoms with E-state index in [2.05, 4.69) is 80.7 Å². The molecule has 2 aromatic carbocycles. The van der Waals surface area contributed by atoms with Crippen molar-refractivity contribution >= 4 is 18.0 Å². The molecule has 3 saturated heterocycles. The Hall–Kier alpha value is -5.17. The molecule has 0 unspecified atom stereocenters. The highest BCUT2D eigenvalue weighted by molar-refractivity contribution is 5.86. The summed E-state index contributed by atoms with van der Waals surface area (Å²) in [6.07, 6.45) is 5.93. The fraction of sp³-hybridized carbons (Fsp3) is 0.447. The SMILES string of the molecule is CC(C)[C@H](NC(=O)O)C(=O)N1CCC[C@H]1c1ncc(-c2ccc(-c3ccc(-c4cnc([C@@H]5CCCN5C(=O)N5CCN(C)CC5)[nH]4)cc3)cc2)[nH]1. The van der Waals surface area contributed by atoms with Gasteiger partial charge in [0.15, 0.2) is 0 Å². The molecule has 0 bridgehead atoms. The fourth-order valence-corrected chi connectivity index (χ4v) is 7.59. The third-order valence-corrected chi connectivity index (χ3v) is 10.6. The van der Waals surface area contributed by atoms with Crippen molar-refractivity contribution in [3.63, 3.8) is 0 Å². The average Bonchev–Trinajstić information content (AvgIpc) is 3.97. The standard InChI is InChI=1S/C38H47N9O4/c1-24(2)33(43-37(49)50)36(48)46-16-4-6-31(46)34-39-22-29(41-34)27-12-8-25(9-13-27)26-10-14-28(15-11-26)30-23-40-35(42-30)32-7-5-17-47(32)38(51)45-20-18-44(3)19-21-45/h8-15,22-24,31-33,43H,4-7,16-21H2,1-3H3,(H,39,41)(H,40,42)(H,49,50)/t31-,32-,33-/m0/s1. The number of carboxylic acid groups (broad SMARTS) is 1. The van der Waals surface area contributed by atoms with Gasteiger partial charge in [0, 0.05) is 39.3 Å². The third-order valence-electron chi connectivity index (χ3n) is 10.6. The summed E-state index contributed by atoms with van der Waals surface area (Å²) < 4.78 is 0. The summed E-state index contributed by atoms with van der Waals surface area (Å²) in [5, 5.41) is 11.7. The van der Waals surface area contributed by atoms with Crippen molar-refractivity contribution in [1.29, 1.82) is 0 Å². The summed E-state index contributed by atoms with van der Waals surface area (Å²) in [6, 6.07) is 15.7. The van der Waals surface area contributed by atoms with Crippen LogP contribution in [0.1, 0.15) is 63.3 Å². The second kappa shape index (κ2) is 14.6. The van der Waals surface area contributed by atoms with Crippen LogP contribution in [0.15, 0.2) is 60.9 Å². The summed E-state index contributed by atoms with van der Waals surface area (Å²) in [6.45, 7) is 8.34. The lowest BCUT2D eigenvalue weighted by Crippen LogP contribution is -2.51. The highest BCUT2D eigenvalue weighted by atomic mass is 16.4. The van der Waals surface area contributed by atoms with Crippen LogP contribution in [0, 0.1) is 5.92 Å². The number of nitrogens with one attached hydrogen (secondary N) is 3. The van der Waals surface area contributed by atoms with Gasteiger partial charge in [0.25, 0.3) is 0 Å². The molecule has 3 atom stereocenters. The number of carbonyl (C=O) groups excluding carboxylic acids is 2. The number of imidazole rings is 2. The first-order chi connectivity index (χ1) is 24.7. The van der Waals surface area contributed by atoms with E-state index in [0.29, 0.717) is 12.4 Å². The van der Waals surface area contributed by atoms with Crippen molar-refractivity contribution in [2.24, 2.45) is 5.92 Å². The van der Waals surface area contributed by atoms with Crippen LogP contribution in [0.5, 0.6) is 0 Å². The number of piperazine rings is 1. The van der Waals surface area contributed by atoms with E-state index in [1.165, 1.54) is 0 Å². The number of aromatic nitrogens is 4. The molecular formula is C38H47N9O4. The van der Waals surface area contributed by atoms with Crippen LogP contribution >= 0.6 is 0 Å². The van der Waals surface area contributed by atoms with E-state index in [1.807, 2.05) is 29.8 Å². The molecule has 0 radical (unpaired) electrons. The molecule has 7 rings (SSSR count). The second-order valence-electron chi connectivity index (χ2n) is 14.3. The quantitative estimate of drug-likeness (QED) is 0.188. The van der Waals surface area contributed by atoms with Gasteiger partial charge in [0.1, 0.15) is 17.7 Å². The van der Waals surface area contributed by atoms with Crippen LogP contribution in [0.3, 0.4) is 0 Å². The van der Waals surface area contributed by atoms with Crippen molar-refractivity contribution in [2.45, 2.75) is 57.7 Å². The topological polar surface area (TPSA) is 154 Å². The fourth-order valence-electron chi connectivity index (χ4n) is 7.59. The van der Waals surface area contributed by atoms with Gasteiger partial charge in [-0.15, -0.1) is 0 Å². The lowest BCUT2D eigenvalue weighted by Gasteiger charge is -2.36. The molecule has 0 saturated carbocycles. The zero-order valence-corrected chi connectivity index (χ0v) is 29.5. The van der Waals surface area contributed by atoms with Gasteiger partial charge >= 0.3 is 12.1 Å². The molecular weight excluding hydrogens is 646 g/mol. The van der Waals surface area contributed by atoms with Crippen LogP contribution in [0.25, 0.3) is 33.6 Å². The molecule has 51 heavy (non-hydrogen) atoms. The van der Waals surface area contributed by atoms with E-state index in [-0.39, 0.29) is 29.9 Å². The van der Waals surface area contributed by atoms with E-state index < -0.39 is 12.1 Å². The number of likely N-dealkylation sites (tertiary alicyclic amines) is 2. The first kappa shape index (κ1) is 34.3. The van der Waals surface area contributed by atoms with Crippen LogP contribution in [0.2, 0.25) is 0 Å². The van der Waals surface area contributed by atoms with Gasteiger partial charge in [0.05, 0.1) is 35.9 Å². The minimum atomic E-state index is -1.20. The van der Waals surface area contributed by atoms with Gasteiger partial charge < -0.3 is 40.0 Å². The molecule has 2 aromatic heterocycles. The Labute approximate surface area is 298 Å². The van der Waals surface area contributed by atoms with Crippen molar-refractivity contribution in [3.8, 4) is 33.6 Å². The molecule has 4 aromatic rings. The predicted molar refractivity (Wildman–Crippen MR) is 194 cm³/mol. The second-order valence-corrected chi connectivity index (χ2v) is 14.3. The normalized spacial score (nSPS) is 20.3. The minimum absolute atomic E-state index is 0.0346. The van der Waals surface area contributed by atoms with Crippen LogP contribution in [0.4, 0.5) is 9.59 Å². The third kappa shape index (κ3) is 7.21. The number of amides is 4. The molecule has 4 amide bonds.